The van der Waals surface area contributed by atoms with Gasteiger partial charge in [0.25, 0.3) is 0 Å². The van der Waals surface area contributed by atoms with Crippen LogP contribution >= 0.6 is 11.3 Å². The molecule has 0 atom stereocenters. The van der Waals surface area contributed by atoms with Crippen LogP contribution in [0.4, 0.5) is 11.8 Å². The molecule has 6 heteroatoms. The van der Waals surface area contributed by atoms with Gasteiger partial charge in [-0.3, -0.25) is 0 Å². The van der Waals surface area contributed by atoms with Gasteiger partial charge in [-0.1, -0.05) is 0 Å². The summed E-state index contributed by atoms with van der Waals surface area (Å²) in [4.78, 5) is 16.1. The van der Waals surface area contributed by atoms with E-state index in [0.717, 1.165) is 23.1 Å². The van der Waals surface area contributed by atoms with Gasteiger partial charge in [0.2, 0.25) is 5.95 Å². The molecule has 0 aliphatic carbocycles. The molecule has 2 aromatic rings. The van der Waals surface area contributed by atoms with Gasteiger partial charge in [-0.2, -0.15) is 4.98 Å². The molecule has 2 aromatic heterocycles. The third kappa shape index (κ3) is 2.95. The molecule has 0 spiro atoms. The van der Waals surface area contributed by atoms with Crippen LogP contribution in [0.3, 0.4) is 0 Å². The van der Waals surface area contributed by atoms with E-state index in [9.17, 15) is 0 Å². The molecule has 5 nitrogen and oxygen atoms in total. The van der Waals surface area contributed by atoms with Crippen molar-refractivity contribution in [1.82, 2.24) is 15.0 Å². The maximum Gasteiger partial charge on any atom is 0.226 e. The van der Waals surface area contributed by atoms with Crippen LogP contribution < -0.4 is 10.2 Å². The first-order valence-electron chi connectivity index (χ1n) is 5.73. The van der Waals surface area contributed by atoms with Gasteiger partial charge in [-0.05, 0) is 19.9 Å². The number of nitrogens with zero attached hydrogens (tertiary/aromatic N) is 4. The number of hydrogen-bond acceptors (Lipinski definition) is 6. The Labute approximate surface area is 111 Å². The molecule has 0 saturated carbocycles. The molecule has 0 fully saturated rings. The first kappa shape index (κ1) is 12.8. The van der Waals surface area contributed by atoms with Crippen LogP contribution in [-0.4, -0.2) is 29.0 Å². The zero-order valence-electron chi connectivity index (χ0n) is 11.1. The van der Waals surface area contributed by atoms with Gasteiger partial charge < -0.3 is 10.2 Å². The molecule has 2 heterocycles. The fourth-order valence-electron chi connectivity index (χ4n) is 1.57. The zero-order chi connectivity index (χ0) is 13.1. The number of thiazole rings is 1. The average Bonchev–Trinajstić information content (AvgIpc) is 2.65. The molecule has 0 aromatic carbocycles. The monoisotopic (exact) mass is 263 g/mol. The summed E-state index contributed by atoms with van der Waals surface area (Å²) >= 11 is 1.72. The molecule has 0 radical (unpaired) electrons. The van der Waals surface area contributed by atoms with E-state index in [1.54, 1.807) is 17.5 Å². The molecule has 2 rings (SSSR count). The highest BCUT2D eigenvalue weighted by Gasteiger charge is 2.05. The Hall–Kier alpha value is -1.69. The topological polar surface area (TPSA) is 53.9 Å². The maximum atomic E-state index is 4.41. The molecule has 18 heavy (non-hydrogen) atoms. The van der Waals surface area contributed by atoms with E-state index in [1.165, 1.54) is 4.88 Å². The summed E-state index contributed by atoms with van der Waals surface area (Å²) in [5.41, 5.74) is 1.09. The Balaban J connectivity index is 2.06. The van der Waals surface area contributed by atoms with Crippen molar-refractivity contribution < 1.29 is 0 Å². The Kier molecular flexibility index (Phi) is 3.76. The number of aromatic nitrogens is 3. The fraction of sp³-hybridized carbons (Fsp3) is 0.417. The molecule has 0 aliphatic heterocycles. The van der Waals surface area contributed by atoms with E-state index in [0.29, 0.717) is 5.95 Å². The molecule has 0 amide bonds. The molecule has 96 valence electrons. The molecular formula is C12H17N5S. The maximum absolute atomic E-state index is 4.41. The van der Waals surface area contributed by atoms with Crippen LogP contribution in [0.15, 0.2) is 12.3 Å². The van der Waals surface area contributed by atoms with Gasteiger partial charge in [0.1, 0.15) is 5.82 Å². The van der Waals surface area contributed by atoms with E-state index >= 15 is 0 Å². The van der Waals surface area contributed by atoms with Crippen LogP contribution in [0.1, 0.15) is 15.6 Å². The van der Waals surface area contributed by atoms with Crippen molar-refractivity contribution >= 4 is 23.1 Å². The fourth-order valence-corrected chi connectivity index (χ4v) is 2.45. The van der Waals surface area contributed by atoms with Crippen LogP contribution in [0.25, 0.3) is 0 Å². The minimum absolute atomic E-state index is 0.706. The summed E-state index contributed by atoms with van der Waals surface area (Å²) in [6.07, 6.45) is 1.76. The van der Waals surface area contributed by atoms with E-state index in [-0.39, 0.29) is 0 Å². The lowest BCUT2D eigenvalue weighted by molar-refractivity contribution is 0.987. The third-order valence-electron chi connectivity index (χ3n) is 2.47. The number of hydrogen-bond donors (Lipinski definition) is 1. The van der Waals surface area contributed by atoms with E-state index in [1.807, 2.05) is 38.9 Å². The quantitative estimate of drug-likeness (QED) is 0.916. The van der Waals surface area contributed by atoms with Crippen molar-refractivity contribution in [3.05, 3.63) is 27.8 Å². The number of nitrogens with one attached hydrogen (secondary N) is 1. The predicted octanol–water partition coefficient (Wildman–Crippen LogP) is 2.23. The van der Waals surface area contributed by atoms with Gasteiger partial charge in [-0.25, -0.2) is 9.97 Å². The first-order chi connectivity index (χ1) is 8.56. The summed E-state index contributed by atoms with van der Waals surface area (Å²) in [7, 11) is 3.85. The Morgan fingerprint density at radius 1 is 1.28 bits per heavy atom. The zero-order valence-corrected chi connectivity index (χ0v) is 11.9. The smallest absolute Gasteiger partial charge is 0.226 e. The Morgan fingerprint density at radius 2 is 2.06 bits per heavy atom. The van der Waals surface area contributed by atoms with Crippen molar-refractivity contribution in [2.24, 2.45) is 0 Å². The molecule has 1 N–H and O–H groups in total. The van der Waals surface area contributed by atoms with Gasteiger partial charge in [0.15, 0.2) is 0 Å². The lowest BCUT2D eigenvalue weighted by atomic mass is 10.4. The van der Waals surface area contributed by atoms with Gasteiger partial charge >= 0.3 is 0 Å². The second kappa shape index (κ2) is 5.30. The molecule has 0 saturated heterocycles. The second-order valence-corrected chi connectivity index (χ2v) is 5.52. The van der Waals surface area contributed by atoms with Crippen LogP contribution in [0.2, 0.25) is 0 Å². The van der Waals surface area contributed by atoms with Gasteiger partial charge in [0, 0.05) is 25.2 Å². The molecule has 0 aliphatic rings. The van der Waals surface area contributed by atoms with E-state index in [4.69, 9.17) is 0 Å². The van der Waals surface area contributed by atoms with Crippen molar-refractivity contribution in [1.29, 1.82) is 0 Å². The summed E-state index contributed by atoms with van der Waals surface area (Å²) in [5.74, 6) is 1.54. The summed E-state index contributed by atoms with van der Waals surface area (Å²) in [6, 6.07) is 1.87. The van der Waals surface area contributed by atoms with Crippen LogP contribution in [0.5, 0.6) is 0 Å². The Bertz CT molecular complexity index is 535. The van der Waals surface area contributed by atoms with Crippen molar-refractivity contribution in [2.45, 2.75) is 20.4 Å². The third-order valence-corrected chi connectivity index (χ3v) is 3.55. The number of rotatable bonds is 4. The van der Waals surface area contributed by atoms with Crippen LogP contribution in [0, 0.1) is 13.8 Å². The van der Waals surface area contributed by atoms with E-state index < -0.39 is 0 Å². The van der Waals surface area contributed by atoms with E-state index in [2.05, 4.69) is 20.3 Å². The van der Waals surface area contributed by atoms with Gasteiger partial charge in [0.05, 0.1) is 17.2 Å². The molecular weight excluding hydrogens is 246 g/mol. The SMILES string of the molecule is Cc1nc(C)c(CNc2ccnc(N(C)C)n2)s1. The predicted molar refractivity (Wildman–Crippen MR) is 75.3 cm³/mol. The van der Waals surface area contributed by atoms with Crippen molar-refractivity contribution in [2.75, 3.05) is 24.3 Å². The van der Waals surface area contributed by atoms with Crippen molar-refractivity contribution in [3.8, 4) is 0 Å². The minimum Gasteiger partial charge on any atom is -0.365 e. The summed E-state index contributed by atoms with van der Waals surface area (Å²) in [5, 5.41) is 4.40. The average molecular weight is 263 g/mol. The Morgan fingerprint density at radius 3 is 2.67 bits per heavy atom. The highest BCUT2D eigenvalue weighted by Crippen LogP contribution is 2.18. The number of anilines is 2. The van der Waals surface area contributed by atoms with Gasteiger partial charge in [-0.15, -0.1) is 11.3 Å². The van der Waals surface area contributed by atoms with Crippen LogP contribution in [-0.2, 0) is 6.54 Å². The standard InChI is InChI=1S/C12H17N5S/c1-8-10(18-9(2)15-8)7-14-11-5-6-13-12(16-11)17(3)4/h5-6H,7H2,1-4H3,(H,13,14,16). The summed E-state index contributed by atoms with van der Waals surface area (Å²) < 4.78 is 0. The normalized spacial score (nSPS) is 10.4. The highest BCUT2D eigenvalue weighted by molar-refractivity contribution is 7.11. The molecule has 0 bridgehead atoms. The lowest BCUT2D eigenvalue weighted by Gasteiger charge is -2.11. The minimum atomic E-state index is 0.706. The largest absolute Gasteiger partial charge is 0.365 e. The lowest BCUT2D eigenvalue weighted by Crippen LogP contribution is -2.13. The summed E-state index contributed by atoms with van der Waals surface area (Å²) in [6.45, 7) is 4.81. The highest BCUT2D eigenvalue weighted by atomic mass is 32.1. The second-order valence-electron chi connectivity index (χ2n) is 4.23. The first-order valence-corrected chi connectivity index (χ1v) is 6.55. The number of aryl methyl sites for hydroxylation is 2. The molecule has 0 unspecified atom stereocenters. The van der Waals surface area contributed by atoms with Crippen molar-refractivity contribution in [3.63, 3.8) is 0 Å².